The number of hydrogen-bond donors (Lipinski definition) is 0. The highest BCUT2D eigenvalue weighted by Gasteiger charge is 2.44. The van der Waals surface area contributed by atoms with Gasteiger partial charge in [-0.15, -0.1) is 0 Å². The zero-order valence-corrected chi connectivity index (χ0v) is 7.54. The van der Waals surface area contributed by atoms with Crippen molar-refractivity contribution in [2.45, 2.75) is 38.4 Å². The third-order valence-electron chi connectivity index (χ3n) is 3.07. The Bertz CT molecular complexity index is 240. The van der Waals surface area contributed by atoms with Crippen molar-refractivity contribution < 1.29 is 9.53 Å². The molecule has 0 aromatic rings. The number of rotatable bonds is 1. The molecule has 1 fully saturated rings. The lowest BCUT2D eigenvalue weighted by atomic mass is 9.82. The second kappa shape index (κ2) is 2.43. The van der Waals surface area contributed by atoms with E-state index < -0.39 is 0 Å². The summed E-state index contributed by atoms with van der Waals surface area (Å²) in [5.41, 5.74) is 0.808. The molecule has 2 rings (SSSR count). The van der Waals surface area contributed by atoms with Crippen LogP contribution in [0.15, 0.2) is 11.6 Å². The molecule has 0 aromatic carbocycles. The van der Waals surface area contributed by atoms with Crippen molar-refractivity contribution in [2.24, 2.45) is 5.92 Å². The van der Waals surface area contributed by atoms with Crippen molar-refractivity contribution in [2.75, 3.05) is 0 Å². The quantitative estimate of drug-likeness (QED) is 0.554. The Labute approximate surface area is 72.6 Å². The van der Waals surface area contributed by atoms with Gasteiger partial charge in [-0.1, -0.05) is 6.08 Å². The predicted molar refractivity (Wildman–Crippen MR) is 45.8 cm³/mol. The average molecular weight is 166 g/mol. The second-order valence-electron chi connectivity index (χ2n) is 4.20. The fourth-order valence-electron chi connectivity index (χ4n) is 2.17. The molecule has 1 aliphatic heterocycles. The Morgan fingerprint density at radius 3 is 3.08 bits per heavy atom. The first-order chi connectivity index (χ1) is 5.63. The largest absolute Gasteiger partial charge is 0.367 e. The van der Waals surface area contributed by atoms with Crippen LogP contribution >= 0.6 is 0 Å². The van der Waals surface area contributed by atoms with Crippen molar-refractivity contribution in [1.29, 1.82) is 0 Å². The molecule has 0 spiro atoms. The van der Waals surface area contributed by atoms with Crippen molar-refractivity contribution >= 4 is 6.29 Å². The van der Waals surface area contributed by atoms with Gasteiger partial charge in [0.25, 0.3) is 0 Å². The summed E-state index contributed by atoms with van der Waals surface area (Å²) >= 11 is 0. The third kappa shape index (κ3) is 1.02. The van der Waals surface area contributed by atoms with Crippen LogP contribution < -0.4 is 0 Å². The van der Waals surface area contributed by atoms with E-state index in [0.717, 1.165) is 24.7 Å². The van der Waals surface area contributed by atoms with Gasteiger partial charge in [0.15, 0.2) is 0 Å². The highest BCUT2D eigenvalue weighted by Crippen LogP contribution is 2.43. The smallest absolute Gasteiger partial charge is 0.148 e. The molecule has 0 amide bonds. The van der Waals surface area contributed by atoms with Crippen LogP contribution in [0.25, 0.3) is 0 Å². The van der Waals surface area contributed by atoms with E-state index in [4.69, 9.17) is 4.74 Å². The van der Waals surface area contributed by atoms with Crippen LogP contribution in [-0.4, -0.2) is 18.0 Å². The highest BCUT2D eigenvalue weighted by molar-refractivity contribution is 5.75. The molecule has 0 N–H and O–H groups in total. The lowest BCUT2D eigenvalue weighted by Crippen LogP contribution is -2.26. The van der Waals surface area contributed by atoms with Crippen molar-refractivity contribution in [3.05, 3.63) is 11.6 Å². The molecule has 66 valence electrons. The Hall–Kier alpha value is -0.630. The molecule has 1 saturated heterocycles. The van der Waals surface area contributed by atoms with Crippen LogP contribution in [0.2, 0.25) is 0 Å². The maximum atomic E-state index is 10.6. The fourth-order valence-corrected chi connectivity index (χ4v) is 2.17. The molecule has 0 aromatic heterocycles. The van der Waals surface area contributed by atoms with Gasteiger partial charge in [0.2, 0.25) is 0 Å². The minimum atomic E-state index is -0.0358. The summed E-state index contributed by atoms with van der Waals surface area (Å²) in [6.07, 6.45) is 5.06. The lowest BCUT2D eigenvalue weighted by Gasteiger charge is -2.23. The molecule has 0 saturated carbocycles. The number of fused-ring (bicyclic) bond motifs is 2. The number of carbonyl (C=O) groups is 1. The topological polar surface area (TPSA) is 26.3 Å². The molecule has 1 aliphatic carbocycles. The summed E-state index contributed by atoms with van der Waals surface area (Å²) < 4.78 is 5.78. The zero-order valence-electron chi connectivity index (χ0n) is 7.54. The minimum Gasteiger partial charge on any atom is -0.367 e. The van der Waals surface area contributed by atoms with Crippen LogP contribution in [0.1, 0.15) is 26.7 Å². The summed E-state index contributed by atoms with van der Waals surface area (Å²) in [4.78, 5) is 10.6. The van der Waals surface area contributed by atoms with Gasteiger partial charge in [0, 0.05) is 5.57 Å². The van der Waals surface area contributed by atoms with Gasteiger partial charge in [0.05, 0.1) is 11.7 Å². The van der Waals surface area contributed by atoms with Gasteiger partial charge in [-0.2, -0.15) is 0 Å². The van der Waals surface area contributed by atoms with Crippen LogP contribution in [0.5, 0.6) is 0 Å². The van der Waals surface area contributed by atoms with Crippen LogP contribution in [0.3, 0.4) is 0 Å². The highest BCUT2D eigenvalue weighted by atomic mass is 16.5. The summed E-state index contributed by atoms with van der Waals surface area (Å²) in [5.74, 6) is 0.603. The van der Waals surface area contributed by atoms with E-state index in [-0.39, 0.29) is 11.7 Å². The lowest BCUT2D eigenvalue weighted by molar-refractivity contribution is -0.106. The van der Waals surface area contributed by atoms with E-state index in [9.17, 15) is 4.79 Å². The molecular weight excluding hydrogens is 152 g/mol. The molecular formula is C10H14O2. The summed E-state index contributed by atoms with van der Waals surface area (Å²) in [5, 5.41) is 0. The Balaban J connectivity index is 2.25. The van der Waals surface area contributed by atoms with E-state index in [0.29, 0.717) is 5.92 Å². The molecule has 2 atom stereocenters. The van der Waals surface area contributed by atoms with Crippen molar-refractivity contribution in [3.63, 3.8) is 0 Å². The van der Waals surface area contributed by atoms with Gasteiger partial charge >= 0.3 is 0 Å². The predicted octanol–water partition coefficient (Wildman–Crippen LogP) is 1.70. The van der Waals surface area contributed by atoms with E-state index in [1.165, 1.54) is 0 Å². The van der Waals surface area contributed by atoms with Gasteiger partial charge < -0.3 is 4.74 Å². The summed E-state index contributed by atoms with van der Waals surface area (Å²) in [6, 6.07) is 0. The first-order valence-electron chi connectivity index (χ1n) is 4.46. The molecule has 12 heavy (non-hydrogen) atoms. The number of hydrogen-bond acceptors (Lipinski definition) is 2. The summed E-state index contributed by atoms with van der Waals surface area (Å²) in [7, 11) is 0. The van der Waals surface area contributed by atoms with Crippen LogP contribution in [-0.2, 0) is 9.53 Å². The normalized spacial score (nSPS) is 37.7. The molecule has 2 aliphatic rings. The SMILES string of the molecule is CC1(C)O[C@@H]2C[C@H]1CC=C2C=O. The van der Waals surface area contributed by atoms with Gasteiger partial charge in [-0.25, -0.2) is 0 Å². The first kappa shape index (κ1) is 7.99. The van der Waals surface area contributed by atoms with Crippen molar-refractivity contribution in [1.82, 2.24) is 0 Å². The maximum Gasteiger partial charge on any atom is 0.148 e. The Kier molecular flexibility index (Phi) is 1.62. The minimum absolute atomic E-state index is 0.0358. The average Bonchev–Trinajstić information content (AvgIpc) is 2.24. The molecule has 0 unspecified atom stereocenters. The van der Waals surface area contributed by atoms with Gasteiger partial charge in [-0.3, -0.25) is 4.79 Å². The van der Waals surface area contributed by atoms with Crippen molar-refractivity contribution in [3.8, 4) is 0 Å². The molecule has 0 radical (unpaired) electrons. The first-order valence-corrected chi connectivity index (χ1v) is 4.46. The van der Waals surface area contributed by atoms with E-state index in [1.807, 2.05) is 6.08 Å². The number of carbonyl (C=O) groups excluding carboxylic acids is 1. The number of aldehydes is 1. The molecule has 2 heteroatoms. The monoisotopic (exact) mass is 166 g/mol. The molecule has 2 bridgehead atoms. The molecule has 2 nitrogen and oxygen atoms in total. The zero-order chi connectivity index (χ0) is 8.77. The third-order valence-corrected chi connectivity index (χ3v) is 3.07. The van der Waals surface area contributed by atoms with E-state index in [1.54, 1.807) is 0 Å². The van der Waals surface area contributed by atoms with Crippen LogP contribution in [0.4, 0.5) is 0 Å². The number of ether oxygens (including phenoxy) is 1. The molecule has 1 heterocycles. The van der Waals surface area contributed by atoms with Gasteiger partial charge in [0.1, 0.15) is 6.29 Å². The van der Waals surface area contributed by atoms with Crippen LogP contribution in [0, 0.1) is 5.92 Å². The maximum absolute atomic E-state index is 10.6. The second-order valence-corrected chi connectivity index (χ2v) is 4.20. The Morgan fingerprint density at radius 2 is 2.42 bits per heavy atom. The number of allylic oxidation sites excluding steroid dienone is 1. The van der Waals surface area contributed by atoms with E-state index >= 15 is 0 Å². The van der Waals surface area contributed by atoms with E-state index in [2.05, 4.69) is 13.8 Å². The standard InChI is InChI=1S/C10H14O2/c1-10(2)8-4-3-7(6-11)9(5-8)12-10/h3,6,8-9H,4-5H2,1-2H3/t8-,9-/m1/s1. The summed E-state index contributed by atoms with van der Waals surface area (Å²) in [6.45, 7) is 4.22. The van der Waals surface area contributed by atoms with Gasteiger partial charge in [-0.05, 0) is 32.6 Å². The Morgan fingerprint density at radius 1 is 1.67 bits per heavy atom. The fraction of sp³-hybridized carbons (Fsp3) is 0.700.